The van der Waals surface area contributed by atoms with Crippen molar-refractivity contribution in [3.8, 4) is 11.5 Å². The second-order valence-electron chi connectivity index (χ2n) is 7.25. The highest BCUT2D eigenvalue weighted by Crippen LogP contribution is 2.31. The summed E-state index contributed by atoms with van der Waals surface area (Å²) in [5.41, 5.74) is 5.51. The predicted octanol–water partition coefficient (Wildman–Crippen LogP) is 3.42. The maximum absolute atomic E-state index is 12.8. The lowest BCUT2D eigenvalue weighted by Gasteiger charge is -2.35. The highest BCUT2D eigenvalue weighted by molar-refractivity contribution is 5.94. The van der Waals surface area contributed by atoms with E-state index in [4.69, 9.17) is 14.3 Å². The normalized spacial score (nSPS) is 14.4. The third kappa shape index (κ3) is 5.43. The lowest BCUT2D eigenvalue weighted by molar-refractivity contribution is 0.0627. The molecule has 7 heteroatoms. The first-order valence-electron chi connectivity index (χ1n) is 10.4. The van der Waals surface area contributed by atoms with Gasteiger partial charge >= 0.3 is 0 Å². The number of rotatable bonds is 9. The number of benzene rings is 2. The highest BCUT2D eigenvalue weighted by atomic mass is 16.6. The number of anilines is 1. The molecule has 1 heterocycles. The molecule has 0 radical (unpaired) electrons. The Kier molecular flexibility index (Phi) is 7.93. The summed E-state index contributed by atoms with van der Waals surface area (Å²) in [6.45, 7) is 6.49. The van der Waals surface area contributed by atoms with Crippen LogP contribution in [0.25, 0.3) is 0 Å². The molecule has 1 aliphatic rings. The molecule has 0 bridgehead atoms. The Hall–Kier alpha value is -2.77. The van der Waals surface area contributed by atoms with Crippen molar-refractivity contribution in [2.24, 2.45) is 0 Å². The van der Waals surface area contributed by atoms with Gasteiger partial charge in [-0.2, -0.15) is 0 Å². The number of nitrogens with zero attached hydrogens (tertiary/aromatic N) is 2. The third-order valence-electron chi connectivity index (χ3n) is 5.17. The summed E-state index contributed by atoms with van der Waals surface area (Å²) in [5, 5.41) is 0. The Morgan fingerprint density at radius 3 is 2.37 bits per heavy atom. The van der Waals surface area contributed by atoms with Gasteiger partial charge in [-0.05, 0) is 36.8 Å². The summed E-state index contributed by atoms with van der Waals surface area (Å²) >= 11 is 0. The molecule has 2 aromatic rings. The van der Waals surface area contributed by atoms with E-state index in [2.05, 4.69) is 23.4 Å². The van der Waals surface area contributed by atoms with E-state index in [1.165, 1.54) is 0 Å². The van der Waals surface area contributed by atoms with E-state index in [1.807, 2.05) is 41.3 Å². The number of hydrogen-bond acceptors (Lipinski definition) is 6. The molecular weight excluding hydrogens is 382 g/mol. The Morgan fingerprint density at radius 2 is 1.73 bits per heavy atom. The van der Waals surface area contributed by atoms with Crippen molar-refractivity contribution in [2.45, 2.75) is 19.9 Å². The van der Waals surface area contributed by atoms with Gasteiger partial charge < -0.3 is 14.4 Å². The summed E-state index contributed by atoms with van der Waals surface area (Å²) in [5.74, 6) is 1.58. The number of hydrogen-bond donors (Lipinski definition) is 1. The van der Waals surface area contributed by atoms with Crippen LogP contribution in [-0.4, -0.2) is 62.7 Å². The number of ether oxygens (including phenoxy) is 2. The summed E-state index contributed by atoms with van der Waals surface area (Å²) in [4.78, 5) is 22.4. The quantitative estimate of drug-likeness (QED) is 0.502. The van der Waals surface area contributed by atoms with Crippen LogP contribution >= 0.6 is 0 Å². The number of methoxy groups -OCH3 is 2. The topological polar surface area (TPSA) is 63.3 Å². The Morgan fingerprint density at radius 1 is 1.00 bits per heavy atom. The Bertz CT molecular complexity index is 818. The molecule has 0 saturated carbocycles. The smallest absolute Gasteiger partial charge is 0.253 e. The first kappa shape index (κ1) is 21.9. The van der Waals surface area contributed by atoms with Crippen LogP contribution in [0.4, 0.5) is 5.69 Å². The fourth-order valence-corrected chi connectivity index (χ4v) is 3.53. The van der Waals surface area contributed by atoms with Crippen molar-refractivity contribution < 1.29 is 19.1 Å². The first-order chi connectivity index (χ1) is 14.7. The van der Waals surface area contributed by atoms with Crippen LogP contribution in [0.3, 0.4) is 0 Å². The fourth-order valence-electron chi connectivity index (χ4n) is 3.53. The third-order valence-corrected chi connectivity index (χ3v) is 5.17. The van der Waals surface area contributed by atoms with Gasteiger partial charge in [-0.15, -0.1) is 0 Å². The molecule has 0 aliphatic carbocycles. The van der Waals surface area contributed by atoms with Crippen molar-refractivity contribution in [1.82, 2.24) is 9.80 Å². The molecule has 7 nitrogen and oxygen atoms in total. The van der Waals surface area contributed by atoms with Gasteiger partial charge in [-0.1, -0.05) is 19.1 Å². The average molecular weight is 414 g/mol. The largest absolute Gasteiger partial charge is 0.493 e. The van der Waals surface area contributed by atoms with Crippen molar-refractivity contribution in [3.63, 3.8) is 0 Å². The van der Waals surface area contributed by atoms with Crippen LogP contribution in [0, 0.1) is 0 Å². The number of carbonyl (C=O) groups excluding carboxylic acids is 1. The van der Waals surface area contributed by atoms with Crippen LogP contribution in [-0.2, 0) is 11.4 Å². The molecular formula is C23H31N3O4. The van der Waals surface area contributed by atoms with Gasteiger partial charge in [-0.3, -0.25) is 20.0 Å². The Labute approximate surface area is 178 Å². The molecule has 1 fully saturated rings. The van der Waals surface area contributed by atoms with E-state index in [-0.39, 0.29) is 5.91 Å². The molecule has 162 valence electrons. The average Bonchev–Trinajstić information content (AvgIpc) is 2.79. The monoisotopic (exact) mass is 413 g/mol. The van der Waals surface area contributed by atoms with E-state index >= 15 is 0 Å². The number of piperazine rings is 1. The predicted molar refractivity (Wildman–Crippen MR) is 117 cm³/mol. The van der Waals surface area contributed by atoms with E-state index in [9.17, 15) is 4.79 Å². The zero-order valence-electron chi connectivity index (χ0n) is 18.0. The first-order valence-corrected chi connectivity index (χ1v) is 10.4. The number of amides is 1. The molecule has 0 spiro atoms. The van der Waals surface area contributed by atoms with E-state index in [0.717, 1.165) is 48.8 Å². The van der Waals surface area contributed by atoms with E-state index in [1.54, 1.807) is 14.2 Å². The van der Waals surface area contributed by atoms with E-state index < -0.39 is 0 Å². The molecule has 0 aromatic heterocycles. The minimum atomic E-state index is 0.0645. The van der Waals surface area contributed by atoms with Crippen molar-refractivity contribution in [3.05, 3.63) is 53.6 Å². The van der Waals surface area contributed by atoms with E-state index in [0.29, 0.717) is 25.3 Å². The fraction of sp³-hybridized carbons (Fsp3) is 0.435. The molecule has 2 aromatic carbocycles. The van der Waals surface area contributed by atoms with Crippen molar-refractivity contribution in [1.29, 1.82) is 0 Å². The summed E-state index contributed by atoms with van der Waals surface area (Å²) in [6.07, 6.45) is 0.945. The standard InChI is InChI=1S/C23H31N3O4/c1-4-16-30-24-20-10-8-18(9-11-20)23(27)26-14-12-25(13-15-26)17-19-6-5-7-21(28-2)22(19)29-3/h5-11,24H,4,12-17H2,1-3H3. The van der Waals surface area contributed by atoms with Gasteiger partial charge in [-0.25, -0.2) is 0 Å². The summed E-state index contributed by atoms with van der Waals surface area (Å²) < 4.78 is 10.9. The zero-order chi connectivity index (χ0) is 21.3. The van der Waals surface area contributed by atoms with Gasteiger partial charge in [0.2, 0.25) is 0 Å². The van der Waals surface area contributed by atoms with Crippen LogP contribution in [0.15, 0.2) is 42.5 Å². The van der Waals surface area contributed by atoms with Crippen LogP contribution in [0.5, 0.6) is 11.5 Å². The molecule has 1 aliphatic heterocycles. The molecule has 0 atom stereocenters. The number of nitrogens with one attached hydrogen (secondary N) is 1. The summed E-state index contributed by atoms with van der Waals surface area (Å²) in [6, 6.07) is 13.3. The van der Waals surface area contributed by atoms with Gasteiger partial charge in [0.1, 0.15) is 0 Å². The van der Waals surface area contributed by atoms with Crippen molar-refractivity contribution >= 4 is 11.6 Å². The van der Waals surface area contributed by atoms with Gasteiger partial charge in [0, 0.05) is 43.9 Å². The van der Waals surface area contributed by atoms with Gasteiger partial charge in [0.15, 0.2) is 11.5 Å². The lowest BCUT2D eigenvalue weighted by Crippen LogP contribution is -2.48. The second-order valence-corrected chi connectivity index (χ2v) is 7.25. The summed E-state index contributed by atoms with van der Waals surface area (Å²) in [7, 11) is 3.31. The second kappa shape index (κ2) is 10.8. The van der Waals surface area contributed by atoms with Crippen LogP contribution in [0.2, 0.25) is 0 Å². The molecule has 3 rings (SSSR count). The number of carbonyl (C=O) groups is 1. The van der Waals surface area contributed by atoms with Gasteiger partial charge in [0.05, 0.1) is 26.5 Å². The maximum atomic E-state index is 12.8. The maximum Gasteiger partial charge on any atom is 0.253 e. The minimum Gasteiger partial charge on any atom is -0.493 e. The SMILES string of the molecule is CCCONc1ccc(C(=O)N2CCN(Cc3cccc(OC)c3OC)CC2)cc1. The zero-order valence-corrected chi connectivity index (χ0v) is 18.0. The van der Waals surface area contributed by atoms with Crippen LogP contribution < -0.4 is 15.0 Å². The van der Waals surface area contributed by atoms with Crippen molar-refractivity contribution in [2.75, 3.05) is 52.5 Å². The molecule has 0 unspecified atom stereocenters. The molecule has 1 amide bonds. The minimum absolute atomic E-state index is 0.0645. The number of para-hydroxylation sites is 1. The molecule has 30 heavy (non-hydrogen) atoms. The van der Waals surface area contributed by atoms with Crippen LogP contribution in [0.1, 0.15) is 29.3 Å². The molecule has 1 saturated heterocycles. The highest BCUT2D eigenvalue weighted by Gasteiger charge is 2.23. The van der Waals surface area contributed by atoms with Gasteiger partial charge in [0.25, 0.3) is 5.91 Å². The lowest BCUT2D eigenvalue weighted by atomic mass is 10.1. The molecule has 1 N–H and O–H groups in total. The Balaban J connectivity index is 1.53.